The smallest absolute Gasteiger partial charge is 0.261 e. The number of nitrogens with zero attached hydrogens (tertiary/aromatic N) is 2. The van der Waals surface area contributed by atoms with Crippen LogP contribution >= 0.6 is 0 Å². The molecule has 0 aliphatic carbocycles. The van der Waals surface area contributed by atoms with Crippen molar-refractivity contribution in [2.45, 2.75) is 32.6 Å². The first-order valence-corrected chi connectivity index (χ1v) is 13.0. The predicted octanol–water partition coefficient (Wildman–Crippen LogP) is 6.09. The van der Waals surface area contributed by atoms with Crippen molar-refractivity contribution in [2.24, 2.45) is 0 Å². The summed E-state index contributed by atoms with van der Waals surface area (Å²) in [5.74, 6) is 2.58. The average molecular weight is 504 g/mol. The highest BCUT2D eigenvalue weighted by Crippen LogP contribution is 2.25. The van der Waals surface area contributed by atoms with Crippen molar-refractivity contribution in [3.63, 3.8) is 0 Å². The Balaban J connectivity index is 1.45. The summed E-state index contributed by atoms with van der Waals surface area (Å²) in [6.07, 6.45) is 0. The van der Waals surface area contributed by atoms with Crippen LogP contribution in [-0.4, -0.2) is 25.0 Å². The van der Waals surface area contributed by atoms with Gasteiger partial charge in [-0.05, 0) is 87.9 Å². The first-order valence-electron chi connectivity index (χ1n) is 11.5. The fourth-order valence-corrected chi connectivity index (χ4v) is 4.71. The van der Waals surface area contributed by atoms with Crippen LogP contribution in [0.1, 0.15) is 23.9 Å². The molecule has 0 aliphatic heterocycles. The zero-order chi connectivity index (χ0) is 25.7. The molecule has 3 N–H and O–H groups in total. The highest BCUT2D eigenvalue weighted by atomic mass is 32.2. The second kappa shape index (κ2) is 10.7. The molecule has 0 unspecified atom stereocenters. The summed E-state index contributed by atoms with van der Waals surface area (Å²) in [5.41, 5.74) is 4.09. The Labute approximate surface area is 211 Å². The molecule has 186 valence electrons. The van der Waals surface area contributed by atoms with Crippen molar-refractivity contribution >= 4 is 38.7 Å². The van der Waals surface area contributed by atoms with E-state index in [1.54, 1.807) is 36.4 Å². The Bertz CT molecular complexity index is 1450. The van der Waals surface area contributed by atoms with E-state index in [1.165, 1.54) is 11.6 Å². The van der Waals surface area contributed by atoms with Gasteiger partial charge in [0.1, 0.15) is 23.2 Å². The third-order valence-corrected chi connectivity index (χ3v) is 6.71. The summed E-state index contributed by atoms with van der Waals surface area (Å²) in [5, 5.41) is 6.53. The number of hydrogen-bond donors (Lipinski definition) is 3. The number of aryl methyl sites for hydroxylation is 3. The number of benzene rings is 3. The van der Waals surface area contributed by atoms with Crippen LogP contribution in [0.15, 0.2) is 77.7 Å². The normalized spacial score (nSPS) is 11.1. The topological polar surface area (TPSA) is 105 Å². The van der Waals surface area contributed by atoms with Gasteiger partial charge in [0.15, 0.2) is 0 Å². The number of aromatic nitrogens is 2. The van der Waals surface area contributed by atoms with E-state index in [-0.39, 0.29) is 4.90 Å². The summed E-state index contributed by atoms with van der Waals surface area (Å²) in [4.78, 5) is 9.08. The number of nitrogens with one attached hydrogen (secondary N) is 3. The number of sulfonamides is 1. The van der Waals surface area contributed by atoms with Crippen LogP contribution in [0.5, 0.6) is 5.75 Å². The first kappa shape index (κ1) is 25.0. The summed E-state index contributed by atoms with van der Waals surface area (Å²) in [6, 6.07) is 21.6. The minimum absolute atomic E-state index is 0.177. The lowest BCUT2D eigenvalue weighted by molar-refractivity contribution is 0.337. The minimum Gasteiger partial charge on any atom is -0.494 e. The maximum atomic E-state index is 12.9. The van der Waals surface area contributed by atoms with Gasteiger partial charge in [-0.1, -0.05) is 17.7 Å². The molecule has 0 radical (unpaired) electrons. The number of ether oxygens (including phenoxy) is 1. The van der Waals surface area contributed by atoms with Gasteiger partial charge in [0.25, 0.3) is 10.0 Å². The Morgan fingerprint density at radius 2 is 1.31 bits per heavy atom. The molecule has 1 aromatic heterocycles. The third-order valence-electron chi connectivity index (χ3n) is 5.33. The van der Waals surface area contributed by atoms with E-state index in [0.717, 1.165) is 16.9 Å². The number of hydrogen-bond acceptors (Lipinski definition) is 7. The lowest BCUT2D eigenvalue weighted by atomic mass is 10.2. The maximum Gasteiger partial charge on any atom is 0.261 e. The lowest BCUT2D eigenvalue weighted by Gasteiger charge is -2.13. The molecular formula is C27H29N5O3S. The molecule has 8 nitrogen and oxygen atoms in total. The monoisotopic (exact) mass is 503 g/mol. The Morgan fingerprint density at radius 3 is 1.86 bits per heavy atom. The van der Waals surface area contributed by atoms with Crippen LogP contribution in [0.25, 0.3) is 0 Å². The molecular weight excluding hydrogens is 474 g/mol. The molecule has 0 spiro atoms. The molecule has 3 aromatic carbocycles. The zero-order valence-electron chi connectivity index (χ0n) is 20.7. The van der Waals surface area contributed by atoms with Crippen LogP contribution in [0, 0.1) is 20.8 Å². The lowest BCUT2D eigenvalue weighted by Crippen LogP contribution is -2.13. The Morgan fingerprint density at radius 1 is 0.750 bits per heavy atom. The van der Waals surface area contributed by atoms with Crippen LogP contribution in [0.3, 0.4) is 0 Å². The van der Waals surface area contributed by atoms with Gasteiger partial charge in [-0.25, -0.2) is 18.4 Å². The van der Waals surface area contributed by atoms with Crippen LogP contribution in [0.4, 0.5) is 28.7 Å². The zero-order valence-corrected chi connectivity index (χ0v) is 21.5. The van der Waals surface area contributed by atoms with Crippen molar-refractivity contribution in [3.8, 4) is 5.75 Å². The molecule has 0 aliphatic rings. The van der Waals surface area contributed by atoms with Crippen molar-refractivity contribution in [3.05, 3.63) is 89.7 Å². The number of rotatable bonds is 9. The Hall–Kier alpha value is -4.11. The van der Waals surface area contributed by atoms with Gasteiger partial charge in [-0.3, -0.25) is 4.72 Å². The van der Waals surface area contributed by atoms with Crippen molar-refractivity contribution in [1.82, 2.24) is 9.97 Å². The van der Waals surface area contributed by atoms with Gasteiger partial charge in [-0.15, -0.1) is 0 Å². The maximum absolute atomic E-state index is 12.9. The largest absolute Gasteiger partial charge is 0.494 e. The quantitative estimate of drug-likeness (QED) is 0.254. The molecule has 0 fully saturated rings. The molecule has 4 aromatic rings. The van der Waals surface area contributed by atoms with Crippen LogP contribution in [0.2, 0.25) is 0 Å². The van der Waals surface area contributed by atoms with Gasteiger partial charge in [-0.2, -0.15) is 0 Å². The van der Waals surface area contributed by atoms with Crippen LogP contribution < -0.4 is 20.1 Å². The van der Waals surface area contributed by atoms with Gasteiger partial charge in [0, 0.05) is 23.1 Å². The average Bonchev–Trinajstić information content (AvgIpc) is 2.83. The SMILES string of the molecule is CCOc1ccc(S(=O)(=O)Nc2ccc(Nc3cc(Nc4ccc(C)cc4)nc(C)n3)cc2)cc1C. The molecule has 0 amide bonds. The fourth-order valence-electron chi connectivity index (χ4n) is 3.57. The fraction of sp³-hybridized carbons (Fsp3) is 0.185. The molecule has 36 heavy (non-hydrogen) atoms. The van der Waals surface area contributed by atoms with E-state index in [1.807, 2.05) is 58.0 Å². The van der Waals surface area contributed by atoms with Crippen molar-refractivity contribution in [2.75, 3.05) is 22.0 Å². The summed E-state index contributed by atoms with van der Waals surface area (Å²) < 4.78 is 33.8. The standard InChI is InChI=1S/C27H29N5O3S/c1-5-35-25-15-14-24(16-19(25)3)36(33,34)32-23-12-10-22(11-13-23)31-27-17-26(28-20(4)29-27)30-21-8-6-18(2)7-9-21/h6-17,32H,5H2,1-4H3,(H2,28,29,30,31). The highest BCUT2D eigenvalue weighted by Gasteiger charge is 2.16. The molecule has 0 saturated carbocycles. The molecule has 9 heteroatoms. The van der Waals surface area contributed by atoms with E-state index in [4.69, 9.17) is 4.74 Å². The summed E-state index contributed by atoms with van der Waals surface area (Å²) >= 11 is 0. The summed E-state index contributed by atoms with van der Waals surface area (Å²) in [6.45, 7) is 8.09. The van der Waals surface area contributed by atoms with E-state index in [0.29, 0.717) is 35.5 Å². The van der Waals surface area contributed by atoms with Gasteiger partial charge >= 0.3 is 0 Å². The molecule has 0 bridgehead atoms. The van der Waals surface area contributed by atoms with Crippen molar-refractivity contribution in [1.29, 1.82) is 0 Å². The molecule has 4 rings (SSSR count). The van der Waals surface area contributed by atoms with Crippen LogP contribution in [-0.2, 0) is 10.0 Å². The van der Waals surface area contributed by atoms with E-state index < -0.39 is 10.0 Å². The van der Waals surface area contributed by atoms with Gasteiger partial charge in [0.05, 0.1) is 11.5 Å². The van der Waals surface area contributed by atoms with E-state index in [9.17, 15) is 8.42 Å². The number of anilines is 5. The summed E-state index contributed by atoms with van der Waals surface area (Å²) in [7, 11) is -3.74. The second-order valence-electron chi connectivity index (χ2n) is 8.34. The third kappa shape index (κ3) is 6.31. The molecule has 1 heterocycles. The molecule has 0 atom stereocenters. The molecule has 0 saturated heterocycles. The predicted molar refractivity (Wildman–Crippen MR) is 144 cm³/mol. The Kier molecular flexibility index (Phi) is 7.40. The van der Waals surface area contributed by atoms with Gasteiger partial charge in [0.2, 0.25) is 0 Å². The van der Waals surface area contributed by atoms with Crippen molar-refractivity contribution < 1.29 is 13.2 Å². The minimum atomic E-state index is -3.74. The first-order chi connectivity index (χ1) is 17.2. The van der Waals surface area contributed by atoms with E-state index in [2.05, 4.69) is 25.3 Å². The van der Waals surface area contributed by atoms with E-state index >= 15 is 0 Å². The second-order valence-corrected chi connectivity index (χ2v) is 10.0. The highest BCUT2D eigenvalue weighted by molar-refractivity contribution is 7.92. The van der Waals surface area contributed by atoms with Gasteiger partial charge < -0.3 is 15.4 Å².